The quantitative estimate of drug-likeness (QED) is 0.764. The van der Waals surface area contributed by atoms with Gasteiger partial charge in [0.25, 0.3) is 6.02 Å². The maximum absolute atomic E-state index is 13.9. The van der Waals surface area contributed by atoms with E-state index in [1.54, 1.807) is 6.07 Å². The molecule has 4 atom stereocenters. The summed E-state index contributed by atoms with van der Waals surface area (Å²) < 4.78 is 25.7. The van der Waals surface area contributed by atoms with Crippen molar-refractivity contribution in [3.05, 3.63) is 52.8 Å². The smallest absolute Gasteiger partial charge is 0.283 e. The van der Waals surface area contributed by atoms with Crippen molar-refractivity contribution in [3.8, 4) is 16.9 Å². The van der Waals surface area contributed by atoms with Gasteiger partial charge in [-0.3, -0.25) is 0 Å². The molecule has 2 aromatic carbocycles. The Balaban J connectivity index is 1.67. The summed E-state index contributed by atoms with van der Waals surface area (Å²) >= 11 is 6.04. The SMILES string of the molecule is NC1=NC2(CO1)c1cc(-c3cc(F)cc(Cl)c3)ccc1OC1CCC(O)CC12. The third-order valence-electron chi connectivity index (χ3n) is 6.04. The van der Waals surface area contributed by atoms with Gasteiger partial charge < -0.3 is 20.3 Å². The lowest BCUT2D eigenvalue weighted by Crippen LogP contribution is -2.51. The molecule has 2 aromatic rings. The van der Waals surface area contributed by atoms with Crippen LogP contribution in [0.25, 0.3) is 11.1 Å². The van der Waals surface area contributed by atoms with Crippen LogP contribution in [0.5, 0.6) is 5.75 Å². The first kappa shape index (κ1) is 17.8. The molecule has 146 valence electrons. The van der Waals surface area contributed by atoms with Crippen LogP contribution in [-0.2, 0) is 10.3 Å². The first-order valence-corrected chi connectivity index (χ1v) is 9.76. The molecule has 0 radical (unpaired) electrons. The fourth-order valence-electron chi connectivity index (χ4n) is 4.77. The highest BCUT2D eigenvalue weighted by Crippen LogP contribution is 2.53. The highest BCUT2D eigenvalue weighted by molar-refractivity contribution is 6.30. The number of benzene rings is 2. The van der Waals surface area contributed by atoms with Gasteiger partial charge in [0.1, 0.15) is 29.8 Å². The van der Waals surface area contributed by atoms with Crippen molar-refractivity contribution in [2.24, 2.45) is 16.6 Å². The number of amidine groups is 1. The van der Waals surface area contributed by atoms with Gasteiger partial charge >= 0.3 is 0 Å². The minimum absolute atomic E-state index is 0.0452. The number of ether oxygens (including phenoxy) is 2. The van der Waals surface area contributed by atoms with Gasteiger partial charge in [-0.05, 0) is 60.7 Å². The second kappa shape index (κ2) is 6.36. The molecule has 1 aliphatic carbocycles. The number of hydrogen-bond acceptors (Lipinski definition) is 5. The Bertz CT molecular complexity index is 962. The van der Waals surface area contributed by atoms with E-state index in [4.69, 9.17) is 31.8 Å². The van der Waals surface area contributed by atoms with Gasteiger partial charge in [-0.25, -0.2) is 9.38 Å². The molecule has 0 amide bonds. The molecule has 1 saturated carbocycles. The van der Waals surface area contributed by atoms with Crippen LogP contribution in [0.1, 0.15) is 24.8 Å². The van der Waals surface area contributed by atoms with Crippen LogP contribution < -0.4 is 10.5 Å². The Morgan fingerprint density at radius 3 is 2.79 bits per heavy atom. The summed E-state index contributed by atoms with van der Waals surface area (Å²) in [5.74, 6) is 0.287. The monoisotopic (exact) mass is 402 g/mol. The van der Waals surface area contributed by atoms with Gasteiger partial charge in [0.05, 0.1) is 6.10 Å². The molecule has 28 heavy (non-hydrogen) atoms. The van der Waals surface area contributed by atoms with Crippen LogP contribution in [0.2, 0.25) is 5.02 Å². The second-order valence-corrected chi connectivity index (χ2v) is 8.20. The molecule has 5 rings (SSSR count). The maximum atomic E-state index is 13.9. The number of halogens is 2. The van der Waals surface area contributed by atoms with E-state index in [-0.39, 0.29) is 18.0 Å². The van der Waals surface area contributed by atoms with Crippen LogP contribution in [0, 0.1) is 11.7 Å². The van der Waals surface area contributed by atoms with E-state index < -0.39 is 17.5 Å². The van der Waals surface area contributed by atoms with Crippen molar-refractivity contribution in [3.63, 3.8) is 0 Å². The number of hydrogen-bond donors (Lipinski definition) is 2. The van der Waals surface area contributed by atoms with E-state index in [1.807, 2.05) is 18.2 Å². The highest BCUT2D eigenvalue weighted by atomic mass is 35.5. The molecule has 0 saturated heterocycles. The first-order valence-electron chi connectivity index (χ1n) is 9.38. The number of fused-ring (bicyclic) bond motifs is 4. The first-order chi connectivity index (χ1) is 13.4. The lowest BCUT2D eigenvalue weighted by Gasteiger charge is -2.47. The second-order valence-electron chi connectivity index (χ2n) is 7.76. The number of aliphatic hydroxyl groups excluding tert-OH is 1. The Morgan fingerprint density at radius 2 is 2.04 bits per heavy atom. The number of rotatable bonds is 1. The van der Waals surface area contributed by atoms with Crippen LogP contribution >= 0.6 is 11.6 Å². The standard InChI is InChI=1S/C21H20ClFN2O3/c22-13-5-12(6-14(23)8-13)11-1-3-18-16(7-11)21(10-27-20(24)25-21)17-9-15(26)2-4-19(17)28-18/h1,3,5-8,15,17,19,26H,2,4,9-10H2,(H2,24,25). The lowest BCUT2D eigenvalue weighted by atomic mass is 9.67. The van der Waals surface area contributed by atoms with Crippen LogP contribution in [0.15, 0.2) is 41.4 Å². The molecular weight excluding hydrogens is 383 g/mol. The number of aliphatic imine (C=N–C) groups is 1. The molecule has 2 heterocycles. The molecule has 3 N–H and O–H groups in total. The van der Waals surface area contributed by atoms with E-state index in [0.29, 0.717) is 30.0 Å². The van der Waals surface area contributed by atoms with Crippen molar-refractivity contribution < 1.29 is 19.0 Å². The number of nitrogens with zero attached hydrogens (tertiary/aromatic N) is 1. The van der Waals surface area contributed by atoms with Gasteiger partial charge in [0.2, 0.25) is 0 Å². The van der Waals surface area contributed by atoms with Crippen LogP contribution in [-0.4, -0.2) is 29.9 Å². The summed E-state index contributed by atoms with van der Waals surface area (Å²) in [4.78, 5) is 4.69. The summed E-state index contributed by atoms with van der Waals surface area (Å²) in [6.07, 6.45) is 1.57. The van der Waals surface area contributed by atoms with E-state index in [0.717, 1.165) is 23.3 Å². The fraction of sp³-hybridized carbons (Fsp3) is 0.381. The normalized spacial score (nSPS) is 30.8. The van der Waals surface area contributed by atoms with Gasteiger partial charge in [-0.2, -0.15) is 0 Å². The molecule has 3 aliphatic rings. The zero-order valence-electron chi connectivity index (χ0n) is 15.1. The summed E-state index contributed by atoms with van der Waals surface area (Å²) in [6.45, 7) is 0.302. The van der Waals surface area contributed by atoms with Crippen molar-refractivity contribution in [1.82, 2.24) is 0 Å². The zero-order chi connectivity index (χ0) is 19.5. The minimum atomic E-state index is -0.711. The average molecular weight is 403 g/mol. The number of nitrogens with two attached hydrogens (primary N) is 1. The molecule has 0 aromatic heterocycles. The van der Waals surface area contributed by atoms with Crippen molar-refractivity contribution in [1.29, 1.82) is 0 Å². The Hall–Kier alpha value is -2.31. The maximum Gasteiger partial charge on any atom is 0.283 e. The van der Waals surface area contributed by atoms with Gasteiger partial charge in [-0.15, -0.1) is 0 Å². The van der Waals surface area contributed by atoms with Gasteiger partial charge in [-0.1, -0.05) is 17.7 Å². The van der Waals surface area contributed by atoms with Crippen LogP contribution in [0.3, 0.4) is 0 Å². The molecule has 0 bridgehead atoms. The third-order valence-corrected chi connectivity index (χ3v) is 6.26. The fourth-order valence-corrected chi connectivity index (χ4v) is 4.99. The Morgan fingerprint density at radius 1 is 1.18 bits per heavy atom. The summed E-state index contributed by atoms with van der Waals surface area (Å²) in [6, 6.07) is 10.3. The molecule has 5 nitrogen and oxygen atoms in total. The highest BCUT2D eigenvalue weighted by Gasteiger charge is 2.55. The zero-order valence-corrected chi connectivity index (χ0v) is 15.8. The van der Waals surface area contributed by atoms with E-state index >= 15 is 0 Å². The van der Waals surface area contributed by atoms with Crippen molar-refractivity contribution in [2.75, 3.05) is 6.61 Å². The molecule has 1 fully saturated rings. The summed E-state index contributed by atoms with van der Waals surface area (Å²) in [5.41, 5.74) is 7.51. The van der Waals surface area contributed by atoms with Crippen LogP contribution in [0.4, 0.5) is 4.39 Å². The van der Waals surface area contributed by atoms with E-state index in [9.17, 15) is 9.50 Å². The molecular formula is C21H20ClFN2O3. The minimum Gasteiger partial charge on any atom is -0.490 e. The third kappa shape index (κ3) is 2.74. The van der Waals surface area contributed by atoms with E-state index in [2.05, 4.69) is 0 Å². The molecule has 2 aliphatic heterocycles. The topological polar surface area (TPSA) is 77.1 Å². The predicted octanol–water partition coefficient (Wildman–Crippen LogP) is 3.61. The lowest BCUT2D eigenvalue weighted by molar-refractivity contribution is -0.0359. The summed E-state index contributed by atoms with van der Waals surface area (Å²) in [7, 11) is 0. The Labute approximate surface area is 166 Å². The Kier molecular flexibility index (Phi) is 4.03. The number of aliphatic hydroxyl groups is 1. The van der Waals surface area contributed by atoms with Crippen molar-refractivity contribution >= 4 is 17.6 Å². The molecule has 4 unspecified atom stereocenters. The largest absolute Gasteiger partial charge is 0.490 e. The van der Waals surface area contributed by atoms with E-state index in [1.165, 1.54) is 12.1 Å². The van der Waals surface area contributed by atoms with Gasteiger partial charge in [0.15, 0.2) is 0 Å². The average Bonchev–Trinajstić information content (AvgIpc) is 3.04. The molecule has 1 spiro atoms. The van der Waals surface area contributed by atoms with Gasteiger partial charge in [0, 0.05) is 16.5 Å². The molecule has 7 heteroatoms. The predicted molar refractivity (Wildman–Crippen MR) is 104 cm³/mol. The summed E-state index contributed by atoms with van der Waals surface area (Å²) in [5, 5.41) is 10.6. The van der Waals surface area contributed by atoms with Crippen molar-refractivity contribution in [2.45, 2.75) is 37.0 Å².